The zero-order chi connectivity index (χ0) is 13.7. The lowest BCUT2D eigenvalue weighted by molar-refractivity contribution is -0.120. The minimum atomic E-state index is -0.148. The van der Waals surface area contributed by atoms with E-state index in [-0.39, 0.29) is 11.9 Å². The van der Waals surface area contributed by atoms with E-state index in [0.29, 0.717) is 13.1 Å². The number of hydrogen-bond donors (Lipinski definition) is 3. The van der Waals surface area contributed by atoms with Crippen LogP contribution in [0.1, 0.15) is 11.6 Å². The lowest BCUT2D eigenvalue weighted by Crippen LogP contribution is -2.38. The Balaban J connectivity index is 2.22. The van der Waals surface area contributed by atoms with Crippen LogP contribution in [0.4, 0.5) is 0 Å². The molecule has 4 heteroatoms. The van der Waals surface area contributed by atoms with Crippen LogP contribution in [0.2, 0.25) is 0 Å². The molecule has 0 aliphatic heterocycles. The van der Waals surface area contributed by atoms with Gasteiger partial charge in [0.05, 0.1) is 12.6 Å². The highest BCUT2D eigenvalue weighted by Crippen LogP contribution is 2.19. The average Bonchev–Trinajstić information content (AvgIpc) is 2.44. The first-order chi connectivity index (χ1) is 9.24. The average molecular weight is 257 g/mol. The van der Waals surface area contributed by atoms with Gasteiger partial charge in [-0.2, -0.15) is 0 Å². The van der Waals surface area contributed by atoms with E-state index in [4.69, 9.17) is 5.73 Å². The largest absolute Gasteiger partial charge is 0.347 e. The van der Waals surface area contributed by atoms with Crippen LogP contribution in [0.5, 0.6) is 0 Å². The summed E-state index contributed by atoms with van der Waals surface area (Å²) in [5.74, 6) is -0.0499. The maximum Gasteiger partial charge on any atom is 0.234 e. The molecule has 19 heavy (non-hydrogen) atoms. The second kappa shape index (κ2) is 6.31. The molecule has 0 saturated carbocycles. The van der Waals surface area contributed by atoms with Gasteiger partial charge in [0, 0.05) is 6.54 Å². The molecule has 100 valence electrons. The molecule has 4 nitrogen and oxygen atoms in total. The van der Waals surface area contributed by atoms with E-state index in [1.165, 1.54) is 5.39 Å². The highest BCUT2D eigenvalue weighted by atomic mass is 16.1. The number of carbonyl (C=O) groups is 1. The van der Waals surface area contributed by atoms with E-state index in [2.05, 4.69) is 34.9 Å². The summed E-state index contributed by atoms with van der Waals surface area (Å²) in [7, 11) is 1.74. The van der Waals surface area contributed by atoms with Crippen LogP contribution in [0.3, 0.4) is 0 Å². The van der Waals surface area contributed by atoms with Crippen molar-refractivity contribution in [3.63, 3.8) is 0 Å². The van der Waals surface area contributed by atoms with Gasteiger partial charge in [0.2, 0.25) is 5.91 Å². The number of amides is 1. The number of nitrogens with two attached hydrogens (primary N) is 1. The summed E-state index contributed by atoms with van der Waals surface area (Å²) in [6.45, 7) is 0.678. The standard InChI is InChI=1S/C15H19N3O/c1-17-10-15(19)18-14(9-16)13-7-6-11-4-2-3-5-12(11)8-13/h2-8,14,17H,9-10,16H2,1H3,(H,18,19). The first-order valence-electron chi connectivity index (χ1n) is 6.37. The predicted molar refractivity (Wildman–Crippen MR) is 77.8 cm³/mol. The van der Waals surface area contributed by atoms with Crippen LogP contribution >= 0.6 is 0 Å². The highest BCUT2D eigenvalue weighted by Gasteiger charge is 2.12. The van der Waals surface area contributed by atoms with Crippen molar-refractivity contribution >= 4 is 16.7 Å². The number of benzene rings is 2. The summed E-state index contributed by atoms with van der Waals surface area (Å²) in [5.41, 5.74) is 6.79. The SMILES string of the molecule is CNCC(=O)NC(CN)c1ccc2ccccc2c1. The van der Waals surface area contributed by atoms with Crippen LogP contribution in [0.15, 0.2) is 42.5 Å². The van der Waals surface area contributed by atoms with E-state index in [9.17, 15) is 4.79 Å². The predicted octanol–water partition coefficient (Wildman–Crippen LogP) is 1.18. The topological polar surface area (TPSA) is 67.2 Å². The highest BCUT2D eigenvalue weighted by molar-refractivity contribution is 5.83. The molecule has 2 rings (SSSR count). The van der Waals surface area contributed by atoms with Gasteiger partial charge in [-0.05, 0) is 29.4 Å². The van der Waals surface area contributed by atoms with E-state index in [1.807, 2.05) is 18.2 Å². The molecule has 0 aromatic heterocycles. The van der Waals surface area contributed by atoms with Crippen LogP contribution in [-0.2, 0) is 4.79 Å². The fraction of sp³-hybridized carbons (Fsp3) is 0.267. The summed E-state index contributed by atoms with van der Waals surface area (Å²) in [4.78, 5) is 11.6. The number of nitrogens with one attached hydrogen (secondary N) is 2. The van der Waals surface area contributed by atoms with Gasteiger partial charge < -0.3 is 16.4 Å². The van der Waals surface area contributed by atoms with E-state index in [0.717, 1.165) is 10.9 Å². The van der Waals surface area contributed by atoms with E-state index < -0.39 is 0 Å². The molecule has 0 fully saturated rings. The van der Waals surface area contributed by atoms with Crippen molar-refractivity contribution in [2.45, 2.75) is 6.04 Å². The third-order valence-corrected chi connectivity index (χ3v) is 3.08. The molecular formula is C15H19N3O. The number of carbonyl (C=O) groups excluding carboxylic acids is 1. The van der Waals surface area contributed by atoms with Gasteiger partial charge in [-0.25, -0.2) is 0 Å². The lowest BCUT2D eigenvalue weighted by atomic mass is 10.0. The summed E-state index contributed by atoms with van der Waals surface area (Å²) in [6, 6.07) is 14.1. The molecule has 1 unspecified atom stereocenters. The Morgan fingerprint density at radius 1 is 1.21 bits per heavy atom. The Kier molecular flexibility index (Phi) is 4.49. The summed E-state index contributed by atoms with van der Waals surface area (Å²) in [6.07, 6.45) is 0. The first-order valence-corrected chi connectivity index (χ1v) is 6.37. The molecule has 0 radical (unpaired) electrons. The van der Waals surface area contributed by atoms with Gasteiger partial charge in [-0.15, -0.1) is 0 Å². The molecular weight excluding hydrogens is 238 g/mol. The van der Waals surface area contributed by atoms with Crippen LogP contribution in [0.25, 0.3) is 10.8 Å². The maximum atomic E-state index is 11.6. The van der Waals surface area contributed by atoms with Crippen molar-refractivity contribution in [1.29, 1.82) is 0 Å². The van der Waals surface area contributed by atoms with Crippen molar-refractivity contribution in [3.05, 3.63) is 48.0 Å². The Morgan fingerprint density at radius 3 is 2.63 bits per heavy atom. The summed E-state index contributed by atoms with van der Waals surface area (Å²) < 4.78 is 0. The zero-order valence-electron chi connectivity index (χ0n) is 11.0. The van der Waals surface area contributed by atoms with Gasteiger partial charge in [-0.3, -0.25) is 4.79 Å². The van der Waals surface area contributed by atoms with Gasteiger partial charge >= 0.3 is 0 Å². The number of likely N-dealkylation sites (N-methyl/N-ethyl adjacent to an activating group) is 1. The third kappa shape index (κ3) is 3.30. The monoisotopic (exact) mass is 257 g/mol. The second-order valence-corrected chi connectivity index (χ2v) is 4.49. The van der Waals surface area contributed by atoms with Crippen molar-refractivity contribution in [3.8, 4) is 0 Å². The minimum absolute atomic E-state index is 0.0499. The smallest absolute Gasteiger partial charge is 0.234 e. The summed E-state index contributed by atoms with van der Waals surface area (Å²) in [5, 5.41) is 8.09. The molecule has 0 aliphatic carbocycles. The molecule has 0 bridgehead atoms. The Hall–Kier alpha value is -1.91. The molecule has 1 amide bonds. The third-order valence-electron chi connectivity index (χ3n) is 3.08. The van der Waals surface area contributed by atoms with Gasteiger partial charge in [0.15, 0.2) is 0 Å². The quantitative estimate of drug-likeness (QED) is 0.753. The minimum Gasteiger partial charge on any atom is -0.347 e. The van der Waals surface area contributed by atoms with Crippen molar-refractivity contribution in [1.82, 2.24) is 10.6 Å². The van der Waals surface area contributed by atoms with Gasteiger partial charge in [0.1, 0.15) is 0 Å². The Labute approximate surface area is 113 Å². The van der Waals surface area contributed by atoms with Crippen molar-refractivity contribution < 1.29 is 4.79 Å². The number of fused-ring (bicyclic) bond motifs is 1. The molecule has 1 atom stereocenters. The second-order valence-electron chi connectivity index (χ2n) is 4.49. The van der Waals surface area contributed by atoms with Crippen molar-refractivity contribution in [2.75, 3.05) is 20.1 Å². The van der Waals surface area contributed by atoms with Crippen LogP contribution < -0.4 is 16.4 Å². The number of rotatable bonds is 5. The van der Waals surface area contributed by atoms with E-state index in [1.54, 1.807) is 7.05 Å². The zero-order valence-corrected chi connectivity index (χ0v) is 11.0. The molecule has 2 aromatic carbocycles. The fourth-order valence-corrected chi connectivity index (χ4v) is 2.11. The lowest BCUT2D eigenvalue weighted by Gasteiger charge is -2.18. The molecule has 4 N–H and O–H groups in total. The molecule has 0 aliphatic rings. The van der Waals surface area contributed by atoms with Crippen LogP contribution in [0, 0.1) is 0 Å². The molecule has 0 heterocycles. The molecule has 2 aromatic rings. The number of hydrogen-bond acceptors (Lipinski definition) is 3. The first kappa shape index (κ1) is 13.5. The fourth-order valence-electron chi connectivity index (χ4n) is 2.11. The Bertz CT molecular complexity index is 568. The Morgan fingerprint density at radius 2 is 1.95 bits per heavy atom. The van der Waals surface area contributed by atoms with Crippen molar-refractivity contribution in [2.24, 2.45) is 5.73 Å². The van der Waals surface area contributed by atoms with E-state index >= 15 is 0 Å². The molecule has 0 saturated heterocycles. The van der Waals surface area contributed by atoms with Gasteiger partial charge in [-0.1, -0.05) is 36.4 Å². The van der Waals surface area contributed by atoms with Crippen LogP contribution in [-0.4, -0.2) is 26.0 Å². The maximum absolute atomic E-state index is 11.6. The summed E-state index contributed by atoms with van der Waals surface area (Å²) >= 11 is 0. The molecule has 0 spiro atoms. The normalized spacial score (nSPS) is 12.3. The van der Waals surface area contributed by atoms with Gasteiger partial charge in [0.25, 0.3) is 0 Å².